The first-order chi connectivity index (χ1) is 6.53. The van der Waals surface area contributed by atoms with Crippen molar-refractivity contribution in [2.24, 2.45) is 0 Å². The number of hydrogen-bond donors (Lipinski definition) is 1. The molecular formula is C8H7ClN2O2S. The number of rotatable bonds is 3. The molecule has 0 aromatic heterocycles. The Balaban J connectivity index is 2.85. The van der Waals surface area contributed by atoms with Crippen LogP contribution in [0.25, 0.3) is 0 Å². The molecule has 0 fully saturated rings. The minimum absolute atomic E-state index is 0.354. The molecule has 6 heteroatoms. The lowest BCUT2D eigenvalue weighted by atomic mass is 10.3. The smallest absolute Gasteiger partial charge is 0.246 e. The highest BCUT2D eigenvalue weighted by molar-refractivity contribution is 7.92. The summed E-state index contributed by atoms with van der Waals surface area (Å²) in [4.78, 5) is 0. The van der Waals surface area contributed by atoms with Gasteiger partial charge in [-0.1, -0.05) is 17.7 Å². The van der Waals surface area contributed by atoms with E-state index in [-0.39, 0.29) is 0 Å². The summed E-state index contributed by atoms with van der Waals surface area (Å²) in [5.41, 5.74) is 0.354. The van der Waals surface area contributed by atoms with E-state index in [4.69, 9.17) is 16.9 Å². The quantitative estimate of drug-likeness (QED) is 0.858. The Morgan fingerprint density at radius 2 is 2.21 bits per heavy atom. The normalized spacial score (nSPS) is 10.6. The highest BCUT2D eigenvalue weighted by Gasteiger charge is 2.08. The lowest BCUT2D eigenvalue weighted by Crippen LogP contribution is -2.15. The molecule has 1 rings (SSSR count). The zero-order valence-corrected chi connectivity index (χ0v) is 8.64. The van der Waals surface area contributed by atoms with E-state index in [1.54, 1.807) is 24.3 Å². The standard InChI is InChI=1S/C8H7ClN2O2S/c9-7-2-1-3-8(6-7)11-14(12,13)5-4-10/h1-3,6,11H,5H2. The van der Waals surface area contributed by atoms with Gasteiger partial charge in [0.2, 0.25) is 10.0 Å². The van der Waals surface area contributed by atoms with Crippen LogP contribution >= 0.6 is 11.6 Å². The molecule has 14 heavy (non-hydrogen) atoms. The van der Waals surface area contributed by atoms with Gasteiger partial charge < -0.3 is 0 Å². The van der Waals surface area contributed by atoms with E-state index in [9.17, 15) is 8.42 Å². The Morgan fingerprint density at radius 3 is 2.79 bits per heavy atom. The molecule has 74 valence electrons. The minimum atomic E-state index is -3.57. The predicted octanol–water partition coefficient (Wildman–Crippen LogP) is 1.61. The minimum Gasteiger partial charge on any atom is -0.283 e. The van der Waals surface area contributed by atoms with Gasteiger partial charge in [0.1, 0.15) is 0 Å². The molecule has 0 aliphatic heterocycles. The summed E-state index contributed by atoms with van der Waals surface area (Å²) in [6.07, 6.45) is 0. The van der Waals surface area contributed by atoms with Crippen molar-refractivity contribution >= 4 is 27.3 Å². The van der Waals surface area contributed by atoms with Gasteiger partial charge in [-0.3, -0.25) is 4.72 Å². The molecule has 0 aliphatic carbocycles. The molecule has 0 unspecified atom stereocenters. The van der Waals surface area contributed by atoms with Gasteiger partial charge in [0.25, 0.3) is 0 Å². The van der Waals surface area contributed by atoms with E-state index in [0.717, 1.165) is 0 Å². The summed E-state index contributed by atoms with van der Waals surface area (Å²) in [5, 5.41) is 8.67. The predicted molar refractivity (Wildman–Crippen MR) is 54.5 cm³/mol. The van der Waals surface area contributed by atoms with Crippen LogP contribution in [-0.2, 0) is 10.0 Å². The Kier molecular flexibility index (Phi) is 3.33. The van der Waals surface area contributed by atoms with Crippen molar-refractivity contribution in [3.8, 4) is 6.07 Å². The molecule has 0 atom stereocenters. The highest BCUT2D eigenvalue weighted by Crippen LogP contribution is 2.15. The topological polar surface area (TPSA) is 70.0 Å². The lowest BCUT2D eigenvalue weighted by molar-refractivity contribution is 0.604. The fourth-order valence-electron chi connectivity index (χ4n) is 0.853. The fraction of sp³-hybridized carbons (Fsp3) is 0.125. The largest absolute Gasteiger partial charge is 0.283 e. The molecule has 0 amide bonds. The molecule has 0 heterocycles. The van der Waals surface area contributed by atoms with Crippen molar-refractivity contribution in [3.63, 3.8) is 0 Å². The van der Waals surface area contributed by atoms with Crippen molar-refractivity contribution in [3.05, 3.63) is 29.3 Å². The number of anilines is 1. The number of halogens is 1. The average molecular weight is 231 g/mol. The summed E-state index contributed by atoms with van der Waals surface area (Å²) < 4.78 is 24.5. The third-order valence-corrected chi connectivity index (χ3v) is 2.64. The summed E-state index contributed by atoms with van der Waals surface area (Å²) in [6, 6.07) is 7.83. The number of benzene rings is 1. The van der Waals surface area contributed by atoms with Crippen molar-refractivity contribution in [1.82, 2.24) is 0 Å². The van der Waals surface area contributed by atoms with E-state index < -0.39 is 15.8 Å². The van der Waals surface area contributed by atoms with Crippen LogP contribution in [0.15, 0.2) is 24.3 Å². The SMILES string of the molecule is N#CCS(=O)(=O)Nc1cccc(Cl)c1. The van der Waals surface area contributed by atoms with Crippen LogP contribution in [0.5, 0.6) is 0 Å². The zero-order valence-electron chi connectivity index (χ0n) is 7.07. The number of nitriles is 1. The van der Waals surface area contributed by atoms with E-state index in [0.29, 0.717) is 10.7 Å². The van der Waals surface area contributed by atoms with Crippen molar-refractivity contribution < 1.29 is 8.42 Å². The van der Waals surface area contributed by atoms with Gasteiger partial charge in [-0.05, 0) is 18.2 Å². The first-order valence-corrected chi connectivity index (χ1v) is 5.69. The third-order valence-electron chi connectivity index (χ3n) is 1.35. The van der Waals surface area contributed by atoms with E-state index in [1.165, 1.54) is 6.07 Å². The second-order valence-electron chi connectivity index (χ2n) is 2.53. The zero-order chi connectivity index (χ0) is 10.6. The number of hydrogen-bond acceptors (Lipinski definition) is 3. The van der Waals surface area contributed by atoms with Crippen LogP contribution in [0.4, 0.5) is 5.69 Å². The van der Waals surface area contributed by atoms with Crippen molar-refractivity contribution in [2.45, 2.75) is 0 Å². The van der Waals surface area contributed by atoms with Crippen LogP contribution in [0.1, 0.15) is 0 Å². The van der Waals surface area contributed by atoms with Crippen molar-refractivity contribution in [1.29, 1.82) is 5.26 Å². The Labute approximate surface area is 87.2 Å². The van der Waals surface area contributed by atoms with Crippen LogP contribution < -0.4 is 4.72 Å². The molecular weight excluding hydrogens is 224 g/mol. The molecule has 0 spiro atoms. The average Bonchev–Trinajstić information content (AvgIpc) is 2.02. The van der Waals surface area contributed by atoms with Crippen LogP contribution in [0, 0.1) is 11.3 Å². The van der Waals surface area contributed by atoms with Gasteiger partial charge >= 0.3 is 0 Å². The Hall–Kier alpha value is -1.25. The summed E-state index contributed by atoms with van der Waals surface area (Å²) in [5.74, 6) is -0.570. The Bertz CT molecular complexity index is 464. The number of sulfonamides is 1. The van der Waals surface area contributed by atoms with E-state index in [2.05, 4.69) is 4.72 Å². The first kappa shape index (κ1) is 10.8. The van der Waals surface area contributed by atoms with Gasteiger partial charge in [-0.2, -0.15) is 5.26 Å². The Morgan fingerprint density at radius 1 is 1.50 bits per heavy atom. The lowest BCUT2D eigenvalue weighted by Gasteiger charge is -2.04. The molecule has 0 saturated heterocycles. The van der Waals surface area contributed by atoms with Gasteiger partial charge in [0.15, 0.2) is 5.75 Å². The van der Waals surface area contributed by atoms with Crippen LogP contribution in [0.3, 0.4) is 0 Å². The fourth-order valence-corrected chi connectivity index (χ4v) is 1.77. The molecule has 0 radical (unpaired) electrons. The second-order valence-corrected chi connectivity index (χ2v) is 4.69. The molecule has 1 aromatic carbocycles. The molecule has 1 aromatic rings. The second kappa shape index (κ2) is 4.31. The maximum Gasteiger partial charge on any atom is 0.246 e. The van der Waals surface area contributed by atoms with Crippen molar-refractivity contribution in [2.75, 3.05) is 10.5 Å². The molecule has 0 aliphatic rings. The molecule has 0 saturated carbocycles. The first-order valence-electron chi connectivity index (χ1n) is 3.66. The molecule has 1 N–H and O–H groups in total. The molecule has 4 nitrogen and oxygen atoms in total. The number of nitrogens with zero attached hydrogens (tertiary/aromatic N) is 1. The van der Waals surface area contributed by atoms with Crippen LogP contribution in [0.2, 0.25) is 5.02 Å². The maximum atomic E-state index is 11.1. The van der Waals surface area contributed by atoms with Gasteiger partial charge in [0.05, 0.1) is 6.07 Å². The summed E-state index contributed by atoms with van der Waals surface area (Å²) in [7, 11) is -3.57. The van der Waals surface area contributed by atoms with E-state index >= 15 is 0 Å². The summed E-state index contributed by atoms with van der Waals surface area (Å²) in [6.45, 7) is 0. The third kappa shape index (κ3) is 3.24. The summed E-state index contributed by atoms with van der Waals surface area (Å²) >= 11 is 5.65. The van der Waals surface area contributed by atoms with Gasteiger partial charge in [-0.15, -0.1) is 0 Å². The highest BCUT2D eigenvalue weighted by atomic mass is 35.5. The number of nitrogens with one attached hydrogen (secondary N) is 1. The van der Waals surface area contributed by atoms with Gasteiger partial charge in [0, 0.05) is 10.7 Å². The van der Waals surface area contributed by atoms with E-state index in [1.807, 2.05) is 0 Å². The van der Waals surface area contributed by atoms with Crippen LogP contribution in [-0.4, -0.2) is 14.2 Å². The van der Waals surface area contributed by atoms with Gasteiger partial charge in [-0.25, -0.2) is 8.42 Å². The maximum absolute atomic E-state index is 11.1. The monoisotopic (exact) mass is 230 g/mol. The molecule has 0 bridgehead atoms.